The number of anilines is 6. The molecule has 0 atom stereocenters. The molecule has 74 heavy (non-hydrogen) atoms. The van der Waals surface area contributed by atoms with Crippen LogP contribution in [-0.4, -0.2) is 16.1 Å². The molecule has 366 valence electrons. The fourth-order valence-corrected chi connectivity index (χ4v) is 18.7. The molecule has 2 aliphatic rings. The van der Waals surface area contributed by atoms with E-state index in [1.807, 2.05) is 0 Å². The monoisotopic (exact) mass is 996 g/mol. The molecule has 9 aromatic carbocycles. The van der Waals surface area contributed by atoms with Crippen LogP contribution >= 0.6 is 0 Å². The van der Waals surface area contributed by atoms with Gasteiger partial charge in [-0.3, -0.25) is 0 Å². The molecule has 4 heterocycles. The standard InChI is InChI=1S/C68H64N2O2Si2/c1-41-21-13-17-25-51(41)69(45-33-29-43(30-34-45)67(3,4)5)53-39-60-63(66-61(53)47-23-15-19-27-55(47)72-66)50-38-57-49(37-58(50)74(60,11)12)62-59(73(57,9)10)40-54(65-64(62)48-24-16-20-28-56(48)71-65)70(52-26-18-14-22-42(52)2)46-35-31-44(32-36-46)68(6,7)8/h13-40H,1-12H3. The van der Waals surface area contributed by atoms with Gasteiger partial charge in [0.1, 0.15) is 32.9 Å². The van der Waals surface area contributed by atoms with Gasteiger partial charge in [0.2, 0.25) is 0 Å². The number of benzene rings is 9. The molecule has 13 rings (SSSR count). The van der Waals surface area contributed by atoms with E-state index in [0.29, 0.717) is 0 Å². The number of para-hydroxylation sites is 4. The number of hydrogen-bond donors (Lipinski definition) is 0. The van der Waals surface area contributed by atoms with Gasteiger partial charge in [-0.15, -0.1) is 0 Å². The Morgan fingerprint density at radius 1 is 0.378 bits per heavy atom. The lowest BCUT2D eigenvalue weighted by Gasteiger charge is -2.30. The van der Waals surface area contributed by atoms with E-state index in [2.05, 4.69) is 261 Å². The summed E-state index contributed by atoms with van der Waals surface area (Å²) in [5.74, 6) is 0. The van der Waals surface area contributed by atoms with Crippen molar-refractivity contribution < 1.29 is 8.83 Å². The largest absolute Gasteiger partial charge is 0.455 e. The highest BCUT2D eigenvalue weighted by Crippen LogP contribution is 2.51. The van der Waals surface area contributed by atoms with Crippen LogP contribution in [0.2, 0.25) is 26.2 Å². The smallest absolute Gasteiger partial charge is 0.160 e. The topological polar surface area (TPSA) is 32.8 Å². The van der Waals surface area contributed by atoms with E-state index in [1.54, 1.807) is 0 Å². The van der Waals surface area contributed by atoms with Gasteiger partial charge in [-0.2, -0.15) is 0 Å². The zero-order valence-corrected chi connectivity index (χ0v) is 46.9. The maximum Gasteiger partial charge on any atom is 0.160 e. The first-order valence-electron chi connectivity index (χ1n) is 26.4. The van der Waals surface area contributed by atoms with Gasteiger partial charge in [0.05, 0.1) is 16.8 Å². The van der Waals surface area contributed by atoms with E-state index in [1.165, 1.54) is 76.3 Å². The Kier molecular flexibility index (Phi) is 10.1. The molecule has 0 radical (unpaired) electrons. The lowest BCUT2D eigenvalue weighted by molar-refractivity contribution is 0.590. The van der Waals surface area contributed by atoms with Gasteiger partial charge in [-0.25, -0.2) is 0 Å². The van der Waals surface area contributed by atoms with Crippen molar-refractivity contribution >= 4 is 115 Å². The van der Waals surface area contributed by atoms with Gasteiger partial charge in [-0.05, 0) is 145 Å². The summed E-state index contributed by atoms with van der Waals surface area (Å²) >= 11 is 0. The predicted molar refractivity (Wildman–Crippen MR) is 322 cm³/mol. The molecule has 0 spiro atoms. The van der Waals surface area contributed by atoms with Crippen LogP contribution in [-0.2, 0) is 10.8 Å². The van der Waals surface area contributed by atoms with E-state index >= 15 is 0 Å². The van der Waals surface area contributed by atoms with Crippen molar-refractivity contribution in [3.63, 3.8) is 0 Å². The molecule has 0 N–H and O–H groups in total. The third-order valence-corrected chi connectivity index (χ3v) is 23.8. The second-order valence-electron chi connectivity index (χ2n) is 24.3. The van der Waals surface area contributed by atoms with Crippen molar-refractivity contribution in [3.8, 4) is 22.3 Å². The Balaban J connectivity index is 1.07. The molecule has 0 saturated carbocycles. The summed E-state index contributed by atoms with van der Waals surface area (Å²) in [7, 11) is -4.86. The highest BCUT2D eigenvalue weighted by molar-refractivity contribution is 7.06. The third kappa shape index (κ3) is 6.76. The number of rotatable bonds is 6. The number of nitrogens with zero attached hydrogens (tertiary/aromatic N) is 2. The molecule has 0 fully saturated rings. The summed E-state index contributed by atoms with van der Waals surface area (Å²) in [6.45, 7) is 28.4. The Hall–Kier alpha value is -7.39. The summed E-state index contributed by atoms with van der Waals surface area (Å²) in [4.78, 5) is 4.96. The van der Waals surface area contributed by atoms with E-state index in [-0.39, 0.29) is 10.8 Å². The minimum absolute atomic E-state index is 0.0320. The molecule has 2 aliphatic heterocycles. The van der Waals surface area contributed by atoms with Gasteiger partial charge in [0.25, 0.3) is 0 Å². The van der Waals surface area contributed by atoms with E-state index in [0.717, 1.165) is 66.9 Å². The number of hydrogen-bond acceptors (Lipinski definition) is 4. The van der Waals surface area contributed by atoms with Gasteiger partial charge in [0.15, 0.2) is 5.58 Å². The molecule has 0 saturated heterocycles. The lowest BCUT2D eigenvalue weighted by atomic mass is 9.87. The van der Waals surface area contributed by atoms with Gasteiger partial charge < -0.3 is 18.6 Å². The summed E-state index contributed by atoms with van der Waals surface area (Å²) < 4.78 is 14.5. The van der Waals surface area contributed by atoms with Crippen molar-refractivity contribution in [2.24, 2.45) is 0 Å². The van der Waals surface area contributed by atoms with Crippen LogP contribution < -0.4 is 30.5 Å². The average Bonchev–Trinajstić information content (AvgIpc) is 4.11. The number of furan rings is 2. The van der Waals surface area contributed by atoms with Crippen molar-refractivity contribution in [1.82, 2.24) is 0 Å². The van der Waals surface area contributed by atoms with Crippen LogP contribution in [0.15, 0.2) is 179 Å². The predicted octanol–water partition coefficient (Wildman–Crippen LogP) is 17.2. The summed E-state index contributed by atoms with van der Waals surface area (Å²) in [6, 6.07) is 63.8. The Labute approximate surface area is 437 Å². The third-order valence-electron chi connectivity index (χ3n) is 16.8. The molecule has 11 aromatic rings. The molecular formula is C68H64N2O2Si2. The second-order valence-corrected chi connectivity index (χ2v) is 32.9. The lowest BCUT2D eigenvalue weighted by Crippen LogP contribution is -2.51. The van der Waals surface area contributed by atoms with E-state index in [4.69, 9.17) is 8.83 Å². The molecule has 0 unspecified atom stereocenters. The first kappa shape index (κ1) is 46.4. The fraction of sp³-hybridized carbons (Fsp3) is 0.206. The van der Waals surface area contributed by atoms with E-state index in [9.17, 15) is 0 Å². The molecule has 4 nitrogen and oxygen atoms in total. The van der Waals surface area contributed by atoms with Crippen molar-refractivity contribution in [3.05, 3.63) is 192 Å². The Morgan fingerprint density at radius 3 is 1.28 bits per heavy atom. The zero-order chi connectivity index (χ0) is 51.4. The van der Waals surface area contributed by atoms with Crippen LogP contribution in [0.3, 0.4) is 0 Å². The minimum Gasteiger partial charge on any atom is -0.455 e. The maximum atomic E-state index is 7.28. The van der Waals surface area contributed by atoms with E-state index < -0.39 is 16.1 Å². The quantitative estimate of drug-likeness (QED) is 0.155. The first-order valence-corrected chi connectivity index (χ1v) is 32.4. The fourth-order valence-electron chi connectivity index (χ4n) is 12.6. The Bertz CT molecular complexity index is 4120. The highest BCUT2D eigenvalue weighted by Gasteiger charge is 2.47. The molecule has 0 amide bonds. The van der Waals surface area contributed by atoms with Crippen molar-refractivity contribution in [1.29, 1.82) is 0 Å². The van der Waals surface area contributed by atoms with Gasteiger partial charge >= 0.3 is 0 Å². The minimum atomic E-state index is -2.43. The molecule has 0 aliphatic carbocycles. The Morgan fingerprint density at radius 2 is 0.784 bits per heavy atom. The number of fused-ring (bicyclic) bond motifs is 14. The van der Waals surface area contributed by atoms with Crippen molar-refractivity contribution in [2.75, 3.05) is 9.80 Å². The van der Waals surface area contributed by atoms with Crippen LogP contribution in [0, 0.1) is 13.8 Å². The van der Waals surface area contributed by atoms with Crippen molar-refractivity contribution in [2.45, 2.75) is 92.4 Å². The molecule has 2 aromatic heterocycles. The van der Waals surface area contributed by atoms with Crippen LogP contribution in [0.25, 0.3) is 66.1 Å². The SMILES string of the molecule is Cc1ccccc1N(c1ccc(C(C)(C)C)cc1)c1cc2c(c3c1oc1ccccc13)-c1cc3c(cc1[Si]2(C)C)-c1c(cc(N(c2ccc(C(C)(C)C)cc2)c2ccccc2C)c2c1oc1ccccc12)[Si]3(C)C. The molecule has 0 bridgehead atoms. The molecular weight excluding hydrogens is 933 g/mol. The highest BCUT2D eigenvalue weighted by atomic mass is 28.3. The first-order chi connectivity index (χ1) is 35.3. The molecule has 6 heteroatoms. The van der Waals surface area contributed by atoms with Crippen LogP contribution in [0.4, 0.5) is 34.1 Å². The normalized spacial score (nSPS) is 14.4. The van der Waals surface area contributed by atoms with Crippen LogP contribution in [0.1, 0.15) is 63.8 Å². The summed E-state index contributed by atoms with van der Waals surface area (Å²) in [5, 5.41) is 10.5. The van der Waals surface area contributed by atoms with Gasteiger partial charge in [-0.1, -0.05) is 177 Å². The summed E-state index contributed by atoms with van der Waals surface area (Å²) in [6.07, 6.45) is 0. The number of aryl methyl sites for hydroxylation is 2. The average molecular weight is 997 g/mol. The summed E-state index contributed by atoms with van der Waals surface area (Å²) in [5.41, 5.74) is 21.0. The maximum absolute atomic E-state index is 7.28. The van der Waals surface area contributed by atoms with Gasteiger partial charge in [0, 0.05) is 44.5 Å². The van der Waals surface area contributed by atoms with Crippen LogP contribution in [0.5, 0.6) is 0 Å². The second kappa shape index (κ2) is 16.1. The zero-order valence-electron chi connectivity index (χ0n) is 44.9.